The second-order valence-electron chi connectivity index (χ2n) is 7.17. The molecule has 154 valence electrons. The topological polar surface area (TPSA) is 86.5 Å². The number of esters is 1. The summed E-state index contributed by atoms with van der Waals surface area (Å²) in [5.41, 5.74) is 5.02. The van der Waals surface area contributed by atoms with Crippen LogP contribution in [0.2, 0.25) is 0 Å². The van der Waals surface area contributed by atoms with E-state index in [0.717, 1.165) is 38.5 Å². The van der Waals surface area contributed by atoms with Crippen molar-refractivity contribution in [1.82, 2.24) is 0 Å². The maximum atomic E-state index is 12.3. The van der Waals surface area contributed by atoms with Crippen LogP contribution in [0.4, 0.5) is 0 Å². The van der Waals surface area contributed by atoms with Crippen molar-refractivity contribution < 1.29 is 19.1 Å². The maximum absolute atomic E-state index is 12.3. The van der Waals surface area contributed by atoms with Crippen molar-refractivity contribution in [3.63, 3.8) is 0 Å². The van der Waals surface area contributed by atoms with Crippen LogP contribution < -0.4 is 5.73 Å². The molecule has 0 amide bonds. The van der Waals surface area contributed by atoms with Gasteiger partial charge in [0.2, 0.25) is 0 Å². The summed E-state index contributed by atoms with van der Waals surface area (Å²) in [6, 6.07) is 0. The summed E-state index contributed by atoms with van der Waals surface area (Å²) in [6.45, 7) is 5.70. The minimum atomic E-state index is -1.23. The van der Waals surface area contributed by atoms with E-state index in [4.69, 9.17) is 10.5 Å². The molecule has 5 nitrogen and oxygen atoms in total. The Morgan fingerprint density at radius 3 is 2.26 bits per heavy atom. The average molecular weight is 380 g/mol. The second-order valence-corrected chi connectivity index (χ2v) is 7.17. The Hall–Kier alpha value is -1.67. The lowest BCUT2D eigenvalue weighted by atomic mass is 9.89. The van der Waals surface area contributed by atoms with E-state index in [0.29, 0.717) is 19.3 Å². The van der Waals surface area contributed by atoms with Gasteiger partial charge in [0.25, 0.3) is 0 Å². The molecule has 0 aliphatic rings. The van der Waals surface area contributed by atoms with Crippen molar-refractivity contribution in [3.8, 4) is 11.8 Å². The fourth-order valence-corrected chi connectivity index (χ4v) is 2.67. The smallest absolute Gasteiger partial charge is 0.327 e. The van der Waals surface area contributed by atoms with Gasteiger partial charge < -0.3 is 15.3 Å². The summed E-state index contributed by atoms with van der Waals surface area (Å²) >= 11 is 0. The number of hydrogen-bond donors (Lipinski definition) is 1. The summed E-state index contributed by atoms with van der Waals surface area (Å²) in [7, 11) is 0. The number of rotatable bonds is 15. The summed E-state index contributed by atoms with van der Waals surface area (Å²) in [5, 5.41) is 0. The van der Waals surface area contributed by atoms with Crippen LogP contribution in [0.5, 0.6) is 0 Å². The van der Waals surface area contributed by atoms with E-state index < -0.39 is 11.5 Å². The third-order valence-corrected chi connectivity index (χ3v) is 4.45. The van der Waals surface area contributed by atoms with E-state index in [2.05, 4.69) is 18.8 Å². The largest absolute Gasteiger partial charge is 0.465 e. The SMILES string of the molecule is CCCCCCC(=O)CCC(N)(CC#CCCCCC(C)=O)C(=O)OCC. The minimum Gasteiger partial charge on any atom is -0.465 e. The van der Waals surface area contributed by atoms with Gasteiger partial charge in [0.05, 0.1) is 6.61 Å². The van der Waals surface area contributed by atoms with Gasteiger partial charge in [-0.2, -0.15) is 0 Å². The van der Waals surface area contributed by atoms with Crippen LogP contribution in [0, 0.1) is 11.8 Å². The van der Waals surface area contributed by atoms with E-state index in [-0.39, 0.29) is 37.4 Å². The highest BCUT2D eigenvalue weighted by Crippen LogP contribution is 2.18. The lowest BCUT2D eigenvalue weighted by Crippen LogP contribution is -2.49. The van der Waals surface area contributed by atoms with Crippen LogP contribution >= 0.6 is 0 Å². The van der Waals surface area contributed by atoms with Crippen molar-refractivity contribution in [3.05, 3.63) is 0 Å². The molecule has 1 unspecified atom stereocenters. The highest BCUT2D eigenvalue weighted by atomic mass is 16.5. The Balaban J connectivity index is 4.49. The van der Waals surface area contributed by atoms with Gasteiger partial charge >= 0.3 is 5.97 Å². The molecule has 0 aromatic rings. The molecule has 0 rings (SSSR count). The van der Waals surface area contributed by atoms with Crippen LogP contribution in [-0.2, 0) is 19.1 Å². The first-order valence-corrected chi connectivity index (χ1v) is 10.3. The lowest BCUT2D eigenvalue weighted by molar-refractivity contribution is -0.149. The third-order valence-electron chi connectivity index (χ3n) is 4.45. The van der Waals surface area contributed by atoms with E-state index in [1.54, 1.807) is 13.8 Å². The summed E-state index contributed by atoms with van der Waals surface area (Å²) < 4.78 is 5.09. The summed E-state index contributed by atoms with van der Waals surface area (Å²) in [6.07, 6.45) is 8.40. The summed E-state index contributed by atoms with van der Waals surface area (Å²) in [5.74, 6) is 5.81. The first-order valence-electron chi connectivity index (χ1n) is 10.3. The average Bonchev–Trinajstić information content (AvgIpc) is 2.62. The maximum Gasteiger partial charge on any atom is 0.327 e. The zero-order valence-electron chi connectivity index (χ0n) is 17.4. The number of hydrogen-bond acceptors (Lipinski definition) is 5. The lowest BCUT2D eigenvalue weighted by Gasteiger charge is -2.24. The molecule has 0 heterocycles. The zero-order chi connectivity index (χ0) is 20.5. The van der Waals surface area contributed by atoms with E-state index >= 15 is 0 Å². The van der Waals surface area contributed by atoms with Gasteiger partial charge in [-0.05, 0) is 39.5 Å². The molecule has 2 N–H and O–H groups in total. The first-order chi connectivity index (χ1) is 12.9. The van der Waals surface area contributed by atoms with Crippen molar-refractivity contribution in [2.24, 2.45) is 5.73 Å². The van der Waals surface area contributed by atoms with E-state index in [1.807, 2.05) is 0 Å². The molecule has 0 saturated heterocycles. The molecule has 5 heteroatoms. The highest BCUT2D eigenvalue weighted by molar-refractivity contribution is 5.83. The first kappa shape index (κ1) is 25.3. The third kappa shape index (κ3) is 13.2. The number of ether oxygens (including phenoxy) is 1. The predicted molar refractivity (Wildman–Crippen MR) is 108 cm³/mol. The predicted octanol–water partition coefficient (Wildman–Crippen LogP) is 4.11. The Labute approximate surface area is 164 Å². The Bertz CT molecular complexity index is 518. The van der Waals surface area contributed by atoms with Crippen molar-refractivity contribution in [2.45, 2.75) is 103 Å². The molecule has 0 aromatic heterocycles. The van der Waals surface area contributed by atoms with Gasteiger partial charge in [-0.1, -0.05) is 26.2 Å². The highest BCUT2D eigenvalue weighted by Gasteiger charge is 2.35. The molecule has 0 aliphatic heterocycles. The number of carbonyl (C=O) groups is 3. The number of ketones is 2. The number of unbranched alkanes of at least 4 members (excludes halogenated alkanes) is 5. The molecule has 0 bridgehead atoms. The fourth-order valence-electron chi connectivity index (χ4n) is 2.67. The quantitative estimate of drug-likeness (QED) is 0.263. The Morgan fingerprint density at radius 2 is 1.63 bits per heavy atom. The molecule has 1 atom stereocenters. The molecule has 0 radical (unpaired) electrons. The standard InChI is InChI=1S/C22H37NO4/c1-4-6-7-12-15-20(25)16-18-22(23,21(26)27-5-2)17-13-10-8-9-11-14-19(3)24/h4-9,11-12,14-18,23H2,1-3H3. The fraction of sp³-hybridized carbons (Fsp3) is 0.773. The number of nitrogens with two attached hydrogens (primary N) is 1. The van der Waals surface area contributed by atoms with Gasteiger partial charge in [0.15, 0.2) is 0 Å². The molecule has 27 heavy (non-hydrogen) atoms. The van der Waals surface area contributed by atoms with Gasteiger partial charge in [-0.15, -0.1) is 11.8 Å². The van der Waals surface area contributed by atoms with Gasteiger partial charge in [-0.25, -0.2) is 0 Å². The number of carbonyl (C=O) groups excluding carboxylic acids is 3. The van der Waals surface area contributed by atoms with Crippen LogP contribution in [0.1, 0.15) is 97.8 Å². The van der Waals surface area contributed by atoms with Crippen molar-refractivity contribution in [1.29, 1.82) is 0 Å². The van der Waals surface area contributed by atoms with Crippen molar-refractivity contribution in [2.75, 3.05) is 6.61 Å². The summed E-state index contributed by atoms with van der Waals surface area (Å²) in [4.78, 5) is 35.2. The van der Waals surface area contributed by atoms with E-state index in [9.17, 15) is 14.4 Å². The van der Waals surface area contributed by atoms with Crippen molar-refractivity contribution >= 4 is 17.5 Å². The minimum absolute atomic E-state index is 0.141. The zero-order valence-corrected chi connectivity index (χ0v) is 17.4. The number of Topliss-reactive ketones (excluding diaryl/α,β-unsaturated/α-hetero) is 2. The monoisotopic (exact) mass is 379 g/mol. The molecule has 0 aromatic carbocycles. The van der Waals surface area contributed by atoms with Crippen LogP contribution in [0.15, 0.2) is 0 Å². The molecule has 0 saturated carbocycles. The Morgan fingerprint density at radius 1 is 0.926 bits per heavy atom. The van der Waals surface area contributed by atoms with Gasteiger partial charge in [0.1, 0.15) is 17.1 Å². The molecule has 0 spiro atoms. The van der Waals surface area contributed by atoms with Crippen LogP contribution in [0.3, 0.4) is 0 Å². The molecular formula is C22H37NO4. The Kier molecular flexibility index (Phi) is 14.4. The van der Waals surface area contributed by atoms with Gasteiger partial charge in [0, 0.05) is 32.1 Å². The van der Waals surface area contributed by atoms with Crippen LogP contribution in [-0.4, -0.2) is 29.7 Å². The molecule has 0 aliphatic carbocycles. The second kappa shape index (κ2) is 15.4. The molecular weight excluding hydrogens is 342 g/mol. The van der Waals surface area contributed by atoms with Gasteiger partial charge in [-0.3, -0.25) is 9.59 Å². The van der Waals surface area contributed by atoms with E-state index in [1.165, 1.54) is 0 Å². The van der Waals surface area contributed by atoms with Crippen LogP contribution in [0.25, 0.3) is 0 Å². The normalized spacial score (nSPS) is 12.6. The molecule has 0 fully saturated rings.